The minimum atomic E-state index is -1.75. The number of hydrogen-bond donors (Lipinski definition) is 0. The van der Waals surface area contributed by atoms with E-state index in [1.807, 2.05) is 0 Å². The second-order valence-corrected chi connectivity index (χ2v) is 30.6. The van der Waals surface area contributed by atoms with E-state index in [1.54, 1.807) is 39.0 Å². The molecule has 3 aliphatic rings. The molecule has 0 bridgehead atoms. The SMILES string of the molecule is CCCCC1=C[CH]([Zr+2]([CH]2C(C)=Cc3c2cc2c(c3-c3ccccc3)CCC2)[SiH](C)C)C=C1.[Cl-].[Cl-]. The number of hydrogen-bond acceptors (Lipinski definition) is 0. The fourth-order valence-corrected chi connectivity index (χ4v) is 27.9. The summed E-state index contributed by atoms with van der Waals surface area (Å²) >= 11 is -1.75. The van der Waals surface area contributed by atoms with Crippen molar-refractivity contribution in [3.05, 3.63) is 88.0 Å². The second-order valence-electron chi connectivity index (χ2n) is 10.3. The molecule has 0 fully saturated rings. The molecular weight excluding hydrogens is 551 g/mol. The molecule has 0 spiro atoms. The molecule has 0 saturated carbocycles. The van der Waals surface area contributed by atoms with Gasteiger partial charge < -0.3 is 24.8 Å². The zero-order chi connectivity index (χ0) is 22.2. The molecule has 5 rings (SSSR count). The Morgan fingerprint density at radius 3 is 2.53 bits per heavy atom. The van der Waals surface area contributed by atoms with Gasteiger partial charge in [-0.2, -0.15) is 0 Å². The molecule has 0 radical (unpaired) electrons. The third kappa shape index (κ3) is 5.22. The first-order valence-electron chi connectivity index (χ1n) is 12.8. The molecule has 3 aliphatic carbocycles. The van der Waals surface area contributed by atoms with Crippen LogP contribution in [-0.2, 0) is 33.8 Å². The Morgan fingerprint density at radius 1 is 1.06 bits per heavy atom. The quantitative estimate of drug-likeness (QED) is 0.437. The van der Waals surface area contributed by atoms with Crippen molar-refractivity contribution in [3.63, 3.8) is 0 Å². The standard InChI is InChI=1S/C19H17.C9H13.C2H7Si.2ClH.Zr/c1-13-10-16-12-15-8-5-9-17(15)19(18(16)11-13)14-6-3-2-4-7-14;1-2-3-6-9-7-4-5-8-9;1-3-2;;;/h2-4,6-7,10-12H,5,8-9H2,1H3;4-5,7-8H,2-3,6H2,1H3;3H,1-2H3;2*1H;/q;;;;;+2/p-2. The van der Waals surface area contributed by atoms with Crippen molar-refractivity contribution in [1.29, 1.82) is 0 Å². The average Bonchev–Trinajstić information content (AvgIpc) is 3.51. The molecule has 4 heteroatoms. The zero-order valence-corrected chi connectivity index (χ0v) is 26.1. The summed E-state index contributed by atoms with van der Waals surface area (Å²) in [6.07, 6.45) is 18.2. The van der Waals surface area contributed by atoms with Gasteiger partial charge in [0, 0.05) is 0 Å². The summed E-state index contributed by atoms with van der Waals surface area (Å²) in [5.74, 6) is -0.694. The van der Waals surface area contributed by atoms with Crippen LogP contribution in [0.2, 0.25) is 16.7 Å². The van der Waals surface area contributed by atoms with Crippen molar-refractivity contribution >= 4 is 12.0 Å². The molecule has 179 valence electrons. The van der Waals surface area contributed by atoms with E-state index in [-0.39, 0.29) is 24.8 Å². The zero-order valence-electron chi connectivity index (χ0n) is 21.0. The Kier molecular flexibility index (Phi) is 9.90. The van der Waals surface area contributed by atoms with Crippen LogP contribution < -0.4 is 24.8 Å². The maximum atomic E-state index is 2.72. The van der Waals surface area contributed by atoms with Crippen LogP contribution in [0.5, 0.6) is 0 Å². The van der Waals surface area contributed by atoms with E-state index in [4.69, 9.17) is 0 Å². The van der Waals surface area contributed by atoms with E-state index in [0.717, 1.165) is 7.25 Å². The molecule has 0 aromatic heterocycles. The van der Waals surface area contributed by atoms with E-state index >= 15 is 0 Å². The molecule has 0 heterocycles. The van der Waals surface area contributed by atoms with Gasteiger partial charge in [-0.15, -0.1) is 0 Å². The van der Waals surface area contributed by atoms with Gasteiger partial charge in [0.2, 0.25) is 0 Å². The van der Waals surface area contributed by atoms with E-state index in [0.29, 0.717) is 0 Å². The van der Waals surface area contributed by atoms with Crippen LogP contribution in [0, 0.1) is 0 Å². The van der Waals surface area contributed by atoms with E-state index < -0.39 is 26.8 Å². The van der Waals surface area contributed by atoms with Crippen LogP contribution in [0.15, 0.2) is 65.8 Å². The Morgan fingerprint density at radius 2 is 1.82 bits per heavy atom. The van der Waals surface area contributed by atoms with Crippen LogP contribution in [0.25, 0.3) is 17.2 Å². The van der Waals surface area contributed by atoms with Gasteiger partial charge in [-0.05, 0) is 0 Å². The monoisotopic (exact) mass is 585 g/mol. The summed E-state index contributed by atoms with van der Waals surface area (Å²) < 4.78 is 1.59. The van der Waals surface area contributed by atoms with Crippen LogP contribution >= 0.6 is 0 Å². The summed E-state index contributed by atoms with van der Waals surface area (Å²) in [7, 11) is 0. The van der Waals surface area contributed by atoms with Gasteiger partial charge in [-0.1, -0.05) is 0 Å². The minimum Gasteiger partial charge on any atom is -1.00 e. The molecule has 0 nitrogen and oxygen atoms in total. The van der Waals surface area contributed by atoms with Crippen LogP contribution in [-0.4, -0.2) is 5.92 Å². The molecular formula is C30H37Cl2SiZr. The molecule has 2 aromatic carbocycles. The van der Waals surface area contributed by atoms with Crippen molar-refractivity contribution in [1.82, 2.24) is 0 Å². The summed E-state index contributed by atoms with van der Waals surface area (Å²) in [4.78, 5) is 0. The number of fused-ring (bicyclic) bond motifs is 2. The average molecular weight is 588 g/mol. The Labute approximate surface area is 228 Å². The van der Waals surface area contributed by atoms with E-state index in [9.17, 15) is 0 Å². The topological polar surface area (TPSA) is 0 Å². The third-order valence-electron chi connectivity index (χ3n) is 7.79. The molecule has 0 saturated heterocycles. The van der Waals surface area contributed by atoms with Gasteiger partial charge >= 0.3 is 205 Å². The first kappa shape index (κ1) is 27.9. The minimum absolute atomic E-state index is 0. The number of benzene rings is 2. The van der Waals surface area contributed by atoms with Crippen LogP contribution in [0.4, 0.5) is 0 Å². The summed E-state index contributed by atoms with van der Waals surface area (Å²) in [6.45, 7) is 10.1. The molecule has 34 heavy (non-hydrogen) atoms. The van der Waals surface area contributed by atoms with Gasteiger partial charge in [-0.25, -0.2) is 0 Å². The number of halogens is 2. The summed E-state index contributed by atoms with van der Waals surface area (Å²) in [5, 5.41) is 0. The van der Waals surface area contributed by atoms with Gasteiger partial charge in [0.1, 0.15) is 0 Å². The summed E-state index contributed by atoms with van der Waals surface area (Å²) in [5.41, 5.74) is 12.9. The first-order chi connectivity index (χ1) is 15.6. The predicted octanol–water partition coefficient (Wildman–Crippen LogP) is 2.38. The van der Waals surface area contributed by atoms with Gasteiger partial charge in [-0.3, -0.25) is 0 Å². The molecule has 2 atom stereocenters. The van der Waals surface area contributed by atoms with Crippen molar-refractivity contribution in [2.24, 2.45) is 0 Å². The Balaban J connectivity index is 0.00000162. The van der Waals surface area contributed by atoms with Crippen LogP contribution in [0.3, 0.4) is 0 Å². The first-order valence-corrected chi connectivity index (χ1v) is 22.7. The van der Waals surface area contributed by atoms with Crippen LogP contribution in [0.1, 0.15) is 65.4 Å². The maximum absolute atomic E-state index is 2.72. The fraction of sp³-hybridized carbons (Fsp3) is 0.400. The van der Waals surface area contributed by atoms with Crippen molar-refractivity contribution in [2.75, 3.05) is 0 Å². The predicted molar refractivity (Wildman–Crippen MR) is 140 cm³/mol. The third-order valence-corrected chi connectivity index (χ3v) is 29.5. The molecule has 2 unspecified atom stereocenters. The number of allylic oxidation sites excluding steroid dienone is 5. The Bertz CT molecular complexity index is 1100. The normalized spacial score (nSPS) is 19.8. The molecule has 2 aromatic rings. The van der Waals surface area contributed by atoms with Crippen molar-refractivity contribution in [3.8, 4) is 11.1 Å². The van der Waals surface area contributed by atoms with Crippen molar-refractivity contribution in [2.45, 2.75) is 72.7 Å². The Hall–Kier alpha value is -0.660. The summed E-state index contributed by atoms with van der Waals surface area (Å²) in [6, 6.07) is 13.9. The molecule has 0 amide bonds. The maximum Gasteiger partial charge on any atom is -1.00 e. The molecule has 0 N–H and O–H groups in total. The van der Waals surface area contributed by atoms with Gasteiger partial charge in [0.15, 0.2) is 0 Å². The van der Waals surface area contributed by atoms with Gasteiger partial charge in [0.25, 0.3) is 0 Å². The number of unbranched alkanes of at least 4 members (excludes halogenated alkanes) is 1. The fourth-order valence-electron chi connectivity index (χ4n) is 6.35. The molecule has 0 aliphatic heterocycles. The van der Waals surface area contributed by atoms with Crippen molar-refractivity contribution < 1.29 is 45.7 Å². The van der Waals surface area contributed by atoms with E-state index in [2.05, 4.69) is 87.6 Å². The largest absolute Gasteiger partial charge is 1.00 e. The van der Waals surface area contributed by atoms with Gasteiger partial charge in [0.05, 0.1) is 0 Å². The number of aryl methyl sites for hydroxylation is 1. The van der Waals surface area contributed by atoms with E-state index in [1.165, 1.54) is 44.1 Å². The second kappa shape index (κ2) is 12.1. The number of rotatable bonds is 7. The smallest absolute Gasteiger partial charge is 1.00 e.